The number of nitrogens with zero attached hydrogens (tertiary/aromatic N) is 1. The number of carboxylic acids is 1. The second-order valence-corrected chi connectivity index (χ2v) is 4.94. The lowest BCUT2D eigenvalue weighted by atomic mass is 9.99. The summed E-state index contributed by atoms with van der Waals surface area (Å²) in [5, 5.41) is 14.3. The number of rotatable bonds is 6. The van der Waals surface area contributed by atoms with Crippen molar-refractivity contribution in [3.05, 3.63) is 16.6 Å². The van der Waals surface area contributed by atoms with Gasteiger partial charge in [-0.25, -0.2) is 9.78 Å². The zero-order valence-electron chi connectivity index (χ0n) is 9.90. The van der Waals surface area contributed by atoms with Crippen LogP contribution in [0.15, 0.2) is 11.6 Å². The van der Waals surface area contributed by atoms with Gasteiger partial charge in [-0.3, -0.25) is 4.79 Å². The van der Waals surface area contributed by atoms with E-state index in [1.807, 2.05) is 5.38 Å². The summed E-state index contributed by atoms with van der Waals surface area (Å²) in [4.78, 5) is 26.7. The molecule has 1 rings (SSSR count). The predicted octanol–water partition coefficient (Wildman–Crippen LogP) is 1.45. The van der Waals surface area contributed by atoms with E-state index in [0.717, 1.165) is 5.01 Å². The van der Waals surface area contributed by atoms with Crippen molar-refractivity contribution in [3.8, 4) is 0 Å². The van der Waals surface area contributed by atoms with Gasteiger partial charge in [0.2, 0.25) is 5.91 Å². The Hall–Kier alpha value is -1.43. The molecule has 94 valence electrons. The zero-order chi connectivity index (χ0) is 12.9. The Morgan fingerprint density at radius 1 is 1.59 bits per heavy atom. The van der Waals surface area contributed by atoms with Crippen molar-refractivity contribution in [3.63, 3.8) is 0 Å². The summed E-state index contributed by atoms with van der Waals surface area (Å²) in [6, 6.07) is 0. The zero-order valence-corrected chi connectivity index (χ0v) is 10.7. The van der Waals surface area contributed by atoms with Gasteiger partial charge in [0.05, 0.1) is 5.01 Å². The molecule has 0 aliphatic rings. The van der Waals surface area contributed by atoms with Crippen LogP contribution in [0.3, 0.4) is 0 Å². The summed E-state index contributed by atoms with van der Waals surface area (Å²) in [6.07, 6.45) is 2.84. The Bertz CT molecular complexity index is 391. The Morgan fingerprint density at radius 3 is 2.76 bits per heavy atom. The molecule has 1 heterocycles. The van der Waals surface area contributed by atoms with E-state index in [4.69, 9.17) is 5.11 Å². The molecule has 6 heteroatoms. The van der Waals surface area contributed by atoms with Crippen molar-refractivity contribution < 1.29 is 14.7 Å². The summed E-state index contributed by atoms with van der Waals surface area (Å²) in [5.41, 5.74) is -1.18. The van der Waals surface area contributed by atoms with E-state index < -0.39 is 11.5 Å². The number of aromatic nitrogens is 1. The van der Waals surface area contributed by atoms with E-state index in [1.54, 1.807) is 13.1 Å². The van der Waals surface area contributed by atoms with Crippen LogP contribution >= 0.6 is 11.3 Å². The summed E-state index contributed by atoms with van der Waals surface area (Å²) < 4.78 is 0. The molecule has 0 aliphatic carbocycles. The van der Waals surface area contributed by atoms with Crippen molar-refractivity contribution in [2.75, 3.05) is 0 Å². The van der Waals surface area contributed by atoms with Crippen LogP contribution in [0, 0.1) is 0 Å². The maximum absolute atomic E-state index is 11.6. The fourth-order valence-corrected chi connectivity index (χ4v) is 1.88. The molecular weight excluding hydrogens is 240 g/mol. The lowest BCUT2D eigenvalue weighted by Gasteiger charge is -2.24. The molecule has 0 saturated carbocycles. The first-order valence-corrected chi connectivity index (χ1v) is 6.28. The number of thiazole rings is 1. The molecule has 0 aromatic carbocycles. The van der Waals surface area contributed by atoms with Crippen LogP contribution in [-0.4, -0.2) is 27.5 Å². The number of hydrogen-bond acceptors (Lipinski definition) is 4. The molecule has 0 fully saturated rings. The number of carbonyl (C=O) groups is 2. The first-order chi connectivity index (χ1) is 7.98. The third-order valence-corrected chi connectivity index (χ3v) is 3.48. The van der Waals surface area contributed by atoms with Crippen molar-refractivity contribution in [1.82, 2.24) is 10.3 Å². The summed E-state index contributed by atoms with van der Waals surface area (Å²) in [7, 11) is 0. The first-order valence-electron chi connectivity index (χ1n) is 5.40. The van der Waals surface area contributed by atoms with Gasteiger partial charge in [0.1, 0.15) is 5.54 Å². The number of aryl methyl sites for hydroxylation is 1. The molecule has 17 heavy (non-hydrogen) atoms. The van der Waals surface area contributed by atoms with Gasteiger partial charge in [-0.1, -0.05) is 6.92 Å². The van der Waals surface area contributed by atoms with E-state index in [1.165, 1.54) is 18.3 Å². The van der Waals surface area contributed by atoms with Gasteiger partial charge in [0.25, 0.3) is 0 Å². The van der Waals surface area contributed by atoms with Crippen molar-refractivity contribution in [2.45, 2.75) is 38.6 Å². The smallest absolute Gasteiger partial charge is 0.329 e. The second kappa shape index (κ2) is 5.77. The monoisotopic (exact) mass is 256 g/mol. The molecule has 1 amide bonds. The second-order valence-electron chi connectivity index (χ2n) is 3.96. The highest BCUT2D eigenvalue weighted by atomic mass is 32.1. The molecular formula is C11H16N2O3S. The highest BCUT2D eigenvalue weighted by molar-refractivity contribution is 7.09. The normalized spacial score (nSPS) is 14.0. The highest BCUT2D eigenvalue weighted by Gasteiger charge is 2.32. The average molecular weight is 256 g/mol. The Labute approximate surface area is 104 Å². The standard InChI is InChI=1S/C11H16N2O3S/c1-3-11(2,10(15)16)13-8(14)4-5-9-12-6-7-17-9/h6-7H,3-5H2,1-2H3,(H,13,14)(H,15,16). The quantitative estimate of drug-likeness (QED) is 0.807. The van der Waals surface area contributed by atoms with Gasteiger partial charge < -0.3 is 10.4 Å². The first kappa shape index (κ1) is 13.6. The third kappa shape index (κ3) is 3.81. The third-order valence-electron chi connectivity index (χ3n) is 2.64. The van der Waals surface area contributed by atoms with Gasteiger partial charge in [-0.15, -0.1) is 11.3 Å². The minimum atomic E-state index is -1.18. The molecule has 1 atom stereocenters. The number of carboxylic acid groups (broad SMARTS) is 1. The van der Waals surface area contributed by atoms with Gasteiger partial charge in [-0.05, 0) is 13.3 Å². The van der Waals surface area contributed by atoms with Crippen LogP contribution in [0.5, 0.6) is 0 Å². The van der Waals surface area contributed by atoms with E-state index in [0.29, 0.717) is 12.8 Å². The Kier molecular flexibility index (Phi) is 4.62. The van der Waals surface area contributed by atoms with E-state index in [2.05, 4.69) is 10.3 Å². The topological polar surface area (TPSA) is 79.3 Å². The fourth-order valence-electron chi connectivity index (χ4n) is 1.26. The number of hydrogen-bond donors (Lipinski definition) is 2. The Morgan fingerprint density at radius 2 is 2.29 bits per heavy atom. The summed E-state index contributed by atoms with van der Waals surface area (Å²) >= 11 is 1.49. The number of amides is 1. The minimum Gasteiger partial charge on any atom is -0.480 e. The van der Waals surface area contributed by atoms with Gasteiger partial charge in [0.15, 0.2) is 0 Å². The number of nitrogens with one attached hydrogen (secondary N) is 1. The molecule has 0 spiro atoms. The van der Waals surface area contributed by atoms with Crippen molar-refractivity contribution in [2.24, 2.45) is 0 Å². The molecule has 1 unspecified atom stereocenters. The lowest BCUT2D eigenvalue weighted by Crippen LogP contribution is -2.51. The van der Waals surface area contributed by atoms with Crippen molar-refractivity contribution in [1.29, 1.82) is 0 Å². The van der Waals surface area contributed by atoms with Crippen LogP contribution in [0.25, 0.3) is 0 Å². The highest BCUT2D eigenvalue weighted by Crippen LogP contribution is 2.11. The summed E-state index contributed by atoms with van der Waals surface area (Å²) in [6.45, 7) is 3.24. The largest absolute Gasteiger partial charge is 0.480 e. The van der Waals surface area contributed by atoms with E-state index in [-0.39, 0.29) is 12.3 Å². The number of carbonyl (C=O) groups excluding carboxylic acids is 1. The predicted molar refractivity (Wildman–Crippen MR) is 64.9 cm³/mol. The number of aliphatic carboxylic acids is 1. The molecule has 0 saturated heterocycles. The van der Waals surface area contributed by atoms with Crippen LogP contribution < -0.4 is 5.32 Å². The Balaban J connectivity index is 2.46. The maximum atomic E-state index is 11.6. The van der Waals surface area contributed by atoms with E-state index >= 15 is 0 Å². The van der Waals surface area contributed by atoms with Crippen LogP contribution in [0.2, 0.25) is 0 Å². The van der Waals surface area contributed by atoms with Crippen LogP contribution in [-0.2, 0) is 16.0 Å². The van der Waals surface area contributed by atoms with E-state index in [9.17, 15) is 9.59 Å². The molecule has 1 aromatic heterocycles. The lowest BCUT2D eigenvalue weighted by molar-refractivity contribution is -0.147. The van der Waals surface area contributed by atoms with Gasteiger partial charge >= 0.3 is 5.97 Å². The summed E-state index contributed by atoms with van der Waals surface area (Å²) in [5.74, 6) is -1.27. The van der Waals surface area contributed by atoms with Gasteiger partial charge in [0, 0.05) is 24.4 Å². The molecule has 1 aromatic rings. The molecule has 0 bridgehead atoms. The molecule has 5 nitrogen and oxygen atoms in total. The molecule has 2 N–H and O–H groups in total. The maximum Gasteiger partial charge on any atom is 0.329 e. The van der Waals surface area contributed by atoms with Gasteiger partial charge in [-0.2, -0.15) is 0 Å². The SMILES string of the molecule is CCC(C)(NC(=O)CCc1nccs1)C(=O)O. The average Bonchev–Trinajstić information content (AvgIpc) is 2.78. The minimum absolute atomic E-state index is 0.257. The fraction of sp³-hybridized carbons (Fsp3) is 0.545. The van der Waals surface area contributed by atoms with Crippen LogP contribution in [0.1, 0.15) is 31.7 Å². The molecule has 0 radical (unpaired) electrons. The van der Waals surface area contributed by atoms with Crippen molar-refractivity contribution >= 4 is 23.2 Å². The molecule has 0 aliphatic heterocycles. The van der Waals surface area contributed by atoms with Crippen LogP contribution in [0.4, 0.5) is 0 Å².